The second-order valence-corrected chi connectivity index (χ2v) is 6.00. The molecule has 1 spiro atoms. The summed E-state index contributed by atoms with van der Waals surface area (Å²) < 4.78 is 0. The molecule has 2 heterocycles. The summed E-state index contributed by atoms with van der Waals surface area (Å²) in [5.74, 6) is 1.02. The molecule has 1 saturated carbocycles. The number of rotatable bonds is 0. The van der Waals surface area contributed by atoms with Gasteiger partial charge in [-0.15, -0.1) is 0 Å². The molecule has 4 heteroatoms. The van der Waals surface area contributed by atoms with E-state index in [0.717, 1.165) is 48.1 Å². The van der Waals surface area contributed by atoms with Crippen LogP contribution in [0.4, 0.5) is 5.69 Å². The lowest BCUT2D eigenvalue weighted by Gasteiger charge is -2.21. The predicted molar refractivity (Wildman–Crippen MR) is 77.8 cm³/mol. The molecule has 4 nitrogen and oxygen atoms in total. The van der Waals surface area contributed by atoms with Crippen LogP contribution in [0.5, 0.6) is 0 Å². The molecule has 1 aliphatic heterocycles. The summed E-state index contributed by atoms with van der Waals surface area (Å²) in [6, 6.07) is 4.18. The molecule has 0 atom stereocenters. The van der Waals surface area contributed by atoms with Gasteiger partial charge in [0.05, 0.1) is 10.9 Å². The molecule has 0 saturated heterocycles. The minimum absolute atomic E-state index is 0.255. The molecular formula is C16H17N3O. The fourth-order valence-electron chi connectivity index (χ4n) is 3.83. The van der Waals surface area contributed by atoms with Crippen LogP contribution in [0.1, 0.15) is 37.1 Å². The lowest BCUT2D eigenvalue weighted by Crippen LogP contribution is -2.36. The van der Waals surface area contributed by atoms with Gasteiger partial charge in [0.1, 0.15) is 5.82 Å². The Balaban J connectivity index is 2.02. The van der Waals surface area contributed by atoms with Gasteiger partial charge in [-0.2, -0.15) is 0 Å². The molecule has 0 unspecified atom stereocenters. The first-order valence-corrected chi connectivity index (χ1v) is 7.18. The molecule has 1 amide bonds. The summed E-state index contributed by atoms with van der Waals surface area (Å²) in [5.41, 5.74) is 2.86. The molecule has 0 radical (unpaired) electrons. The van der Waals surface area contributed by atoms with Gasteiger partial charge in [-0.1, -0.05) is 12.8 Å². The first-order chi connectivity index (χ1) is 9.62. The number of hydrogen-bond donors (Lipinski definition) is 0. The normalized spacial score (nSPS) is 20.1. The second-order valence-electron chi connectivity index (χ2n) is 6.00. The fourth-order valence-corrected chi connectivity index (χ4v) is 3.83. The first kappa shape index (κ1) is 11.8. The standard InChI is InChI=1S/C16H17N3O/c1-10-17-9-11-7-12-14(8-13(11)18-10)19(2)15(20)16(12)5-3-4-6-16/h7-9H,3-6H2,1-2H3. The molecule has 0 N–H and O–H groups in total. The number of nitrogens with zero attached hydrogens (tertiary/aromatic N) is 3. The molecule has 1 aromatic heterocycles. The van der Waals surface area contributed by atoms with Gasteiger partial charge < -0.3 is 4.90 Å². The van der Waals surface area contributed by atoms with Crippen molar-refractivity contribution in [3.05, 3.63) is 29.7 Å². The number of fused-ring (bicyclic) bond motifs is 3. The van der Waals surface area contributed by atoms with Crippen LogP contribution in [-0.2, 0) is 10.2 Å². The highest BCUT2D eigenvalue weighted by Crippen LogP contribution is 2.51. The summed E-state index contributed by atoms with van der Waals surface area (Å²) >= 11 is 0. The van der Waals surface area contributed by atoms with Crippen LogP contribution in [0.25, 0.3) is 10.9 Å². The Morgan fingerprint density at radius 2 is 2.00 bits per heavy atom. The molecule has 20 heavy (non-hydrogen) atoms. The van der Waals surface area contributed by atoms with E-state index in [2.05, 4.69) is 16.0 Å². The Bertz CT molecular complexity index is 732. The maximum Gasteiger partial charge on any atom is 0.237 e. The summed E-state index contributed by atoms with van der Waals surface area (Å²) in [5, 5.41) is 1.03. The van der Waals surface area contributed by atoms with Gasteiger partial charge in [-0.3, -0.25) is 4.79 Å². The van der Waals surface area contributed by atoms with E-state index >= 15 is 0 Å². The molecule has 102 valence electrons. The van der Waals surface area contributed by atoms with Gasteiger partial charge in [0.25, 0.3) is 0 Å². The number of amides is 1. The number of carbonyl (C=O) groups excluding carboxylic acids is 1. The van der Waals surface area contributed by atoms with Gasteiger partial charge in [0.2, 0.25) is 5.91 Å². The maximum atomic E-state index is 12.7. The average molecular weight is 267 g/mol. The molecule has 2 aliphatic rings. The molecule has 2 aromatic rings. The van der Waals surface area contributed by atoms with Crippen LogP contribution in [0, 0.1) is 6.92 Å². The minimum atomic E-state index is -0.275. The Morgan fingerprint density at radius 3 is 2.75 bits per heavy atom. The third-order valence-corrected chi connectivity index (χ3v) is 4.87. The molecular weight excluding hydrogens is 250 g/mol. The van der Waals surface area contributed by atoms with Crippen LogP contribution in [0.15, 0.2) is 18.3 Å². The third kappa shape index (κ3) is 1.34. The van der Waals surface area contributed by atoms with Crippen LogP contribution in [0.2, 0.25) is 0 Å². The highest BCUT2D eigenvalue weighted by atomic mass is 16.2. The van der Waals surface area contributed by atoms with E-state index in [4.69, 9.17) is 0 Å². The zero-order valence-corrected chi connectivity index (χ0v) is 11.8. The van der Waals surface area contributed by atoms with E-state index in [9.17, 15) is 4.79 Å². The van der Waals surface area contributed by atoms with Crippen molar-refractivity contribution in [2.24, 2.45) is 0 Å². The largest absolute Gasteiger partial charge is 0.314 e. The van der Waals surface area contributed by atoms with E-state index < -0.39 is 0 Å². The van der Waals surface area contributed by atoms with Crippen LogP contribution < -0.4 is 4.90 Å². The van der Waals surface area contributed by atoms with E-state index in [1.165, 1.54) is 5.56 Å². The molecule has 0 bridgehead atoms. The quantitative estimate of drug-likeness (QED) is 0.737. The highest BCUT2D eigenvalue weighted by Gasteiger charge is 2.51. The maximum absolute atomic E-state index is 12.7. The zero-order chi connectivity index (χ0) is 13.9. The Kier molecular flexibility index (Phi) is 2.23. The fraction of sp³-hybridized carbons (Fsp3) is 0.438. The molecule has 1 fully saturated rings. The van der Waals surface area contributed by atoms with Crippen molar-refractivity contribution in [2.75, 3.05) is 11.9 Å². The highest BCUT2D eigenvalue weighted by molar-refractivity contribution is 6.09. The molecule has 1 aliphatic carbocycles. The number of carbonyl (C=O) groups is 1. The third-order valence-electron chi connectivity index (χ3n) is 4.87. The smallest absolute Gasteiger partial charge is 0.237 e. The predicted octanol–water partition coefficient (Wildman–Crippen LogP) is 2.73. The number of likely N-dealkylation sites (N-methyl/N-ethyl adjacent to an activating group) is 1. The van der Waals surface area contributed by atoms with E-state index in [1.807, 2.05) is 31.1 Å². The van der Waals surface area contributed by atoms with Gasteiger partial charge in [-0.25, -0.2) is 9.97 Å². The summed E-state index contributed by atoms with van der Waals surface area (Å²) in [6.07, 6.45) is 6.09. The number of aryl methyl sites for hydroxylation is 1. The van der Waals surface area contributed by atoms with Crippen LogP contribution in [0.3, 0.4) is 0 Å². The van der Waals surface area contributed by atoms with Gasteiger partial charge in [0, 0.05) is 24.3 Å². The van der Waals surface area contributed by atoms with Crippen molar-refractivity contribution >= 4 is 22.5 Å². The summed E-state index contributed by atoms with van der Waals surface area (Å²) in [4.78, 5) is 23.3. The second kappa shape index (κ2) is 3.78. The summed E-state index contributed by atoms with van der Waals surface area (Å²) in [6.45, 7) is 1.89. The van der Waals surface area contributed by atoms with Crippen molar-refractivity contribution in [2.45, 2.75) is 38.0 Å². The number of benzene rings is 1. The SMILES string of the molecule is Cc1ncc2cc3c(cc2n1)N(C)C(=O)C31CCCC1. The first-order valence-electron chi connectivity index (χ1n) is 7.18. The van der Waals surface area contributed by atoms with Crippen molar-refractivity contribution < 1.29 is 4.79 Å². The Morgan fingerprint density at radius 1 is 1.25 bits per heavy atom. The van der Waals surface area contributed by atoms with Crippen LogP contribution >= 0.6 is 0 Å². The zero-order valence-electron chi connectivity index (χ0n) is 11.8. The monoisotopic (exact) mass is 267 g/mol. The lowest BCUT2D eigenvalue weighted by atomic mass is 9.80. The Hall–Kier alpha value is -1.97. The van der Waals surface area contributed by atoms with Crippen molar-refractivity contribution in [3.8, 4) is 0 Å². The number of anilines is 1. The van der Waals surface area contributed by atoms with Gasteiger partial charge in [0.15, 0.2) is 0 Å². The van der Waals surface area contributed by atoms with E-state index in [1.54, 1.807) is 0 Å². The lowest BCUT2D eigenvalue weighted by molar-refractivity contribution is -0.122. The Labute approximate surface area is 117 Å². The minimum Gasteiger partial charge on any atom is -0.314 e. The van der Waals surface area contributed by atoms with E-state index in [-0.39, 0.29) is 11.3 Å². The average Bonchev–Trinajstić information content (AvgIpc) is 3.00. The van der Waals surface area contributed by atoms with Crippen LogP contribution in [-0.4, -0.2) is 22.9 Å². The van der Waals surface area contributed by atoms with E-state index in [0.29, 0.717) is 0 Å². The van der Waals surface area contributed by atoms with Crippen molar-refractivity contribution in [1.29, 1.82) is 0 Å². The summed E-state index contributed by atoms with van der Waals surface area (Å²) in [7, 11) is 1.88. The van der Waals surface area contributed by atoms with Gasteiger partial charge >= 0.3 is 0 Å². The van der Waals surface area contributed by atoms with Gasteiger partial charge in [-0.05, 0) is 37.5 Å². The van der Waals surface area contributed by atoms with Crippen molar-refractivity contribution in [3.63, 3.8) is 0 Å². The molecule has 4 rings (SSSR count). The topological polar surface area (TPSA) is 46.1 Å². The number of aromatic nitrogens is 2. The number of hydrogen-bond acceptors (Lipinski definition) is 3. The molecule has 1 aromatic carbocycles. The van der Waals surface area contributed by atoms with Crippen molar-refractivity contribution in [1.82, 2.24) is 9.97 Å².